The van der Waals surface area contributed by atoms with Crippen LogP contribution in [0.1, 0.15) is 13.3 Å². The molecule has 0 radical (unpaired) electrons. The quantitative estimate of drug-likeness (QED) is 0.375. The predicted molar refractivity (Wildman–Crippen MR) is 64.4 cm³/mol. The van der Waals surface area contributed by atoms with Crippen LogP contribution in [0.3, 0.4) is 0 Å². The Labute approximate surface area is 89.9 Å². The molecule has 5 heteroatoms. The molecule has 0 saturated carbocycles. The number of hydrogen-bond acceptors (Lipinski definition) is 2. The van der Waals surface area contributed by atoms with Gasteiger partial charge in [0.1, 0.15) is 0 Å². The highest BCUT2D eigenvalue weighted by molar-refractivity contribution is 6.30. The van der Waals surface area contributed by atoms with Gasteiger partial charge in [-0.15, -0.1) is 0 Å². The molecule has 4 nitrogen and oxygen atoms in total. The zero-order valence-corrected chi connectivity index (χ0v) is 11.7. The molecule has 84 valence electrons. The molecule has 0 aliphatic heterocycles. The van der Waals surface area contributed by atoms with Crippen molar-refractivity contribution in [1.82, 2.24) is 9.80 Å². The summed E-state index contributed by atoms with van der Waals surface area (Å²) in [5.74, 6) is 1.02. The first-order valence-electron chi connectivity index (χ1n) is 4.94. The zero-order chi connectivity index (χ0) is 11.1. The van der Waals surface area contributed by atoms with Gasteiger partial charge in [0.25, 0.3) is 0 Å². The highest BCUT2D eigenvalue weighted by atomic mass is 28.2. The van der Waals surface area contributed by atoms with Crippen molar-refractivity contribution in [2.45, 2.75) is 19.0 Å². The van der Waals surface area contributed by atoms with Crippen LogP contribution >= 0.6 is 0 Å². The second kappa shape index (κ2) is 6.84. The van der Waals surface area contributed by atoms with Crippen LogP contribution in [0.25, 0.3) is 0 Å². The molecule has 0 aromatic carbocycles. The fourth-order valence-electron chi connectivity index (χ4n) is 1.53. The Balaban J connectivity index is 4.46. The van der Waals surface area contributed by atoms with Crippen molar-refractivity contribution >= 4 is 15.7 Å². The molecular formula is C9H23N3OSi. The monoisotopic (exact) mass is 217 g/mol. The summed E-state index contributed by atoms with van der Waals surface area (Å²) >= 11 is 0. The first-order chi connectivity index (χ1) is 6.58. The summed E-state index contributed by atoms with van der Waals surface area (Å²) in [4.78, 5) is 8.53. The minimum absolute atomic E-state index is 0.477. The van der Waals surface area contributed by atoms with E-state index in [-0.39, 0.29) is 0 Å². The van der Waals surface area contributed by atoms with Crippen molar-refractivity contribution in [2.24, 2.45) is 4.99 Å². The van der Waals surface area contributed by atoms with Crippen molar-refractivity contribution < 1.29 is 4.43 Å². The Morgan fingerprint density at radius 3 is 2.29 bits per heavy atom. The minimum Gasteiger partial charge on any atom is -0.425 e. The van der Waals surface area contributed by atoms with Crippen molar-refractivity contribution in [1.29, 1.82) is 0 Å². The van der Waals surface area contributed by atoms with E-state index in [1.54, 1.807) is 7.11 Å². The predicted octanol–water partition coefficient (Wildman–Crippen LogP) is -0.0681. The third-order valence-corrected chi connectivity index (χ3v) is 4.14. The third-order valence-electron chi connectivity index (χ3n) is 2.29. The minimum atomic E-state index is -0.477. The summed E-state index contributed by atoms with van der Waals surface area (Å²) < 4.78 is 5.31. The molecule has 0 heterocycles. The van der Waals surface area contributed by atoms with E-state index in [2.05, 4.69) is 23.9 Å². The number of hydrogen-bond donors (Lipinski definition) is 0. The summed E-state index contributed by atoms with van der Waals surface area (Å²) in [7, 11) is 9.26. The van der Waals surface area contributed by atoms with Gasteiger partial charge in [0.05, 0.1) is 0 Å². The number of aliphatic imine (C=N–C) groups is 1. The molecule has 0 spiro atoms. The lowest BCUT2D eigenvalue weighted by Crippen LogP contribution is -2.46. The Hall–Kier alpha value is -0.553. The summed E-state index contributed by atoms with van der Waals surface area (Å²) in [6.07, 6.45) is 1.11. The fourth-order valence-corrected chi connectivity index (χ4v) is 2.54. The van der Waals surface area contributed by atoms with Gasteiger partial charge < -0.3 is 14.2 Å². The number of nitrogens with zero attached hydrogens (tertiary/aromatic N) is 3. The molecule has 0 aliphatic rings. The van der Waals surface area contributed by atoms with Crippen LogP contribution in [0.15, 0.2) is 4.99 Å². The summed E-state index contributed by atoms with van der Waals surface area (Å²) in [5, 5.41) is 0. The number of rotatable bonds is 4. The van der Waals surface area contributed by atoms with E-state index in [0.717, 1.165) is 12.4 Å². The topological polar surface area (TPSA) is 28.1 Å². The smallest absolute Gasteiger partial charge is 0.195 e. The van der Waals surface area contributed by atoms with Crippen LogP contribution in [0.2, 0.25) is 0 Å². The van der Waals surface area contributed by atoms with E-state index >= 15 is 0 Å². The normalized spacial score (nSPS) is 14.9. The third kappa shape index (κ3) is 3.67. The largest absolute Gasteiger partial charge is 0.425 e. The Morgan fingerprint density at radius 1 is 1.43 bits per heavy atom. The van der Waals surface area contributed by atoms with Crippen LogP contribution in [0.4, 0.5) is 0 Å². The maximum Gasteiger partial charge on any atom is 0.195 e. The summed E-state index contributed by atoms with van der Waals surface area (Å²) in [6.45, 7) is 2.19. The standard InChI is InChI=1S/C9H23N3OSi/c1-7-8(14-13-6)12(5)9(10-2)11(3)4/h8H,7,14H2,1-6H3. The first-order valence-corrected chi connectivity index (χ1v) is 6.33. The Morgan fingerprint density at radius 2 is 2.00 bits per heavy atom. The summed E-state index contributed by atoms with van der Waals surface area (Å²) in [6, 6.07) is 0. The molecule has 1 unspecified atom stereocenters. The van der Waals surface area contributed by atoms with Gasteiger partial charge in [-0.3, -0.25) is 4.99 Å². The molecule has 0 aromatic heterocycles. The van der Waals surface area contributed by atoms with E-state index < -0.39 is 9.76 Å². The molecule has 1 atom stereocenters. The lowest BCUT2D eigenvalue weighted by molar-refractivity contribution is 0.345. The lowest BCUT2D eigenvalue weighted by Gasteiger charge is -2.32. The SMILES string of the molecule is CCC([SiH2]OC)N(C)C(=NC)N(C)C. The lowest BCUT2D eigenvalue weighted by atomic mass is 10.4. The van der Waals surface area contributed by atoms with E-state index in [0.29, 0.717) is 5.67 Å². The first kappa shape index (κ1) is 13.4. The van der Waals surface area contributed by atoms with Gasteiger partial charge in [-0.2, -0.15) is 0 Å². The van der Waals surface area contributed by atoms with Gasteiger partial charge in [-0.1, -0.05) is 6.92 Å². The summed E-state index contributed by atoms with van der Waals surface area (Å²) in [5.41, 5.74) is 0.529. The maximum atomic E-state index is 5.31. The molecule has 0 aromatic rings. The Kier molecular flexibility index (Phi) is 6.57. The van der Waals surface area contributed by atoms with Crippen LogP contribution in [-0.2, 0) is 4.43 Å². The van der Waals surface area contributed by atoms with Crippen molar-refractivity contribution in [3.8, 4) is 0 Å². The average molecular weight is 217 g/mol. The average Bonchev–Trinajstić information content (AvgIpc) is 2.14. The maximum absolute atomic E-state index is 5.31. The Bertz CT molecular complexity index is 185. The highest BCUT2D eigenvalue weighted by Gasteiger charge is 2.17. The van der Waals surface area contributed by atoms with E-state index in [4.69, 9.17) is 4.43 Å². The van der Waals surface area contributed by atoms with Gasteiger partial charge in [-0.05, 0) is 6.42 Å². The van der Waals surface area contributed by atoms with Gasteiger partial charge >= 0.3 is 0 Å². The van der Waals surface area contributed by atoms with Crippen LogP contribution in [0.5, 0.6) is 0 Å². The second-order valence-electron chi connectivity index (χ2n) is 3.55. The molecule has 0 fully saturated rings. The molecule has 14 heavy (non-hydrogen) atoms. The fraction of sp³-hybridized carbons (Fsp3) is 0.889. The molecule has 0 N–H and O–H groups in total. The van der Waals surface area contributed by atoms with Crippen LogP contribution in [-0.4, -0.2) is 66.5 Å². The zero-order valence-electron chi connectivity index (χ0n) is 10.2. The highest BCUT2D eigenvalue weighted by Crippen LogP contribution is 2.03. The van der Waals surface area contributed by atoms with E-state index in [1.807, 2.05) is 26.0 Å². The van der Waals surface area contributed by atoms with Gasteiger partial charge in [0, 0.05) is 41.0 Å². The van der Waals surface area contributed by atoms with Crippen molar-refractivity contribution in [3.05, 3.63) is 0 Å². The van der Waals surface area contributed by atoms with Crippen LogP contribution in [0, 0.1) is 0 Å². The van der Waals surface area contributed by atoms with Gasteiger partial charge in [0.15, 0.2) is 15.7 Å². The van der Waals surface area contributed by atoms with Gasteiger partial charge in [-0.25, -0.2) is 0 Å². The molecule has 0 aliphatic carbocycles. The van der Waals surface area contributed by atoms with Crippen LogP contribution < -0.4 is 0 Å². The molecule has 0 saturated heterocycles. The molecule has 0 amide bonds. The number of guanidine groups is 1. The van der Waals surface area contributed by atoms with Crippen molar-refractivity contribution in [3.63, 3.8) is 0 Å². The molecule has 0 bridgehead atoms. The molecule has 0 rings (SSSR count). The van der Waals surface area contributed by atoms with Crippen molar-refractivity contribution in [2.75, 3.05) is 35.3 Å². The molecular weight excluding hydrogens is 194 g/mol. The van der Waals surface area contributed by atoms with E-state index in [1.165, 1.54) is 0 Å². The van der Waals surface area contributed by atoms with Gasteiger partial charge in [0.2, 0.25) is 0 Å². The van der Waals surface area contributed by atoms with E-state index in [9.17, 15) is 0 Å². The second-order valence-corrected chi connectivity index (χ2v) is 5.40.